The number of carbonyl (C=O) groups excluding carboxylic acids is 1. The Morgan fingerprint density at radius 2 is 1.77 bits per heavy atom. The molecular weight excluding hydrogens is 409 g/mol. The summed E-state index contributed by atoms with van der Waals surface area (Å²) in [5.41, 5.74) is 2.20. The van der Waals surface area contributed by atoms with E-state index >= 15 is 0 Å². The van der Waals surface area contributed by atoms with Crippen LogP contribution in [-0.2, 0) is 6.54 Å². The molecule has 4 rings (SSSR count). The summed E-state index contributed by atoms with van der Waals surface area (Å²) in [5.74, 6) is -0.333. The van der Waals surface area contributed by atoms with Crippen LogP contribution in [0, 0.1) is 5.82 Å². The van der Waals surface area contributed by atoms with E-state index in [2.05, 4.69) is 19.8 Å². The minimum atomic E-state index is -2.88. The highest BCUT2D eigenvalue weighted by atomic mass is 19.3. The van der Waals surface area contributed by atoms with Crippen molar-refractivity contribution in [3.05, 3.63) is 71.7 Å². The molecule has 0 atom stereocenters. The summed E-state index contributed by atoms with van der Waals surface area (Å²) in [6.45, 7) is -0.0246. The number of rotatable bonds is 6. The average Bonchev–Trinajstić information content (AvgIpc) is 3.26. The first-order chi connectivity index (χ1) is 15.0. The molecule has 1 amide bonds. The molecule has 0 bridgehead atoms. The van der Waals surface area contributed by atoms with E-state index in [0.29, 0.717) is 55.2 Å². The summed E-state index contributed by atoms with van der Waals surface area (Å²) in [6, 6.07) is 14.4. The number of aromatic amines is 1. The lowest BCUT2D eigenvalue weighted by atomic mass is 10.1. The van der Waals surface area contributed by atoms with Gasteiger partial charge < -0.3 is 9.64 Å². The fraction of sp³-hybridized carbons (Fsp3) is 0.273. The molecule has 31 heavy (non-hydrogen) atoms. The van der Waals surface area contributed by atoms with Gasteiger partial charge in [0, 0.05) is 43.9 Å². The number of nitrogens with one attached hydrogen (secondary N) is 1. The summed E-state index contributed by atoms with van der Waals surface area (Å²) in [6.07, 6.45) is 0. The number of aromatic nitrogens is 2. The third-order valence-electron chi connectivity index (χ3n) is 5.19. The van der Waals surface area contributed by atoms with E-state index in [9.17, 15) is 18.0 Å². The smallest absolute Gasteiger partial charge is 0.387 e. The van der Waals surface area contributed by atoms with Crippen LogP contribution < -0.4 is 4.74 Å². The highest BCUT2D eigenvalue weighted by molar-refractivity contribution is 5.93. The molecule has 1 N–H and O–H groups in total. The molecule has 1 fully saturated rings. The van der Waals surface area contributed by atoms with Gasteiger partial charge >= 0.3 is 6.61 Å². The van der Waals surface area contributed by atoms with Crippen LogP contribution in [0.1, 0.15) is 16.1 Å². The number of piperazine rings is 1. The van der Waals surface area contributed by atoms with Crippen molar-refractivity contribution < 1.29 is 22.7 Å². The fourth-order valence-corrected chi connectivity index (χ4v) is 3.53. The van der Waals surface area contributed by atoms with E-state index in [0.717, 1.165) is 0 Å². The number of carbonyl (C=O) groups is 1. The van der Waals surface area contributed by atoms with Gasteiger partial charge in [-0.05, 0) is 36.4 Å². The Morgan fingerprint density at radius 1 is 1.06 bits per heavy atom. The monoisotopic (exact) mass is 430 g/mol. The highest BCUT2D eigenvalue weighted by Gasteiger charge is 2.24. The zero-order valence-corrected chi connectivity index (χ0v) is 16.6. The van der Waals surface area contributed by atoms with E-state index < -0.39 is 6.61 Å². The van der Waals surface area contributed by atoms with Gasteiger partial charge in [-0.3, -0.25) is 14.8 Å². The Morgan fingerprint density at radius 3 is 2.45 bits per heavy atom. The number of halogens is 3. The Kier molecular flexibility index (Phi) is 6.22. The first-order valence-corrected chi connectivity index (χ1v) is 9.85. The number of alkyl halides is 2. The van der Waals surface area contributed by atoms with Crippen molar-refractivity contribution in [2.75, 3.05) is 26.2 Å². The number of H-pyrrole nitrogens is 1. The number of benzene rings is 2. The van der Waals surface area contributed by atoms with Crippen LogP contribution in [0.4, 0.5) is 13.2 Å². The Labute approximate surface area is 177 Å². The van der Waals surface area contributed by atoms with Crippen molar-refractivity contribution in [2.45, 2.75) is 13.2 Å². The van der Waals surface area contributed by atoms with Crippen molar-refractivity contribution >= 4 is 5.91 Å². The van der Waals surface area contributed by atoms with Crippen molar-refractivity contribution in [3.63, 3.8) is 0 Å². The van der Waals surface area contributed by atoms with Crippen LogP contribution in [0.5, 0.6) is 5.75 Å². The van der Waals surface area contributed by atoms with Gasteiger partial charge in [0.25, 0.3) is 5.91 Å². The minimum absolute atomic E-state index is 0.0545. The van der Waals surface area contributed by atoms with E-state index in [1.807, 2.05) is 6.07 Å². The second kappa shape index (κ2) is 9.22. The van der Waals surface area contributed by atoms with Crippen molar-refractivity contribution in [1.82, 2.24) is 20.0 Å². The van der Waals surface area contributed by atoms with Crippen LogP contribution in [0.15, 0.2) is 54.6 Å². The molecule has 0 aliphatic carbocycles. The largest absolute Gasteiger partial charge is 0.435 e. The molecule has 162 valence electrons. The van der Waals surface area contributed by atoms with Gasteiger partial charge in [-0.1, -0.05) is 18.2 Å². The molecule has 1 saturated heterocycles. The molecule has 9 heteroatoms. The van der Waals surface area contributed by atoms with Crippen LogP contribution in [0.3, 0.4) is 0 Å². The van der Waals surface area contributed by atoms with Crippen molar-refractivity contribution in [2.24, 2.45) is 0 Å². The lowest BCUT2D eigenvalue weighted by Crippen LogP contribution is -2.48. The first kappa shape index (κ1) is 20.9. The van der Waals surface area contributed by atoms with E-state index in [-0.39, 0.29) is 17.5 Å². The van der Waals surface area contributed by atoms with Crippen molar-refractivity contribution in [3.8, 4) is 17.0 Å². The van der Waals surface area contributed by atoms with Crippen molar-refractivity contribution in [1.29, 1.82) is 0 Å². The maximum Gasteiger partial charge on any atom is 0.387 e. The van der Waals surface area contributed by atoms with E-state index in [4.69, 9.17) is 0 Å². The average molecular weight is 430 g/mol. The number of hydrogen-bond donors (Lipinski definition) is 1. The van der Waals surface area contributed by atoms with Gasteiger partial charge in [-0.25, -0.2) is 4.39 Å². The zero-order chi connectivity index (χ0) is 21.8. The normalized spacial score (nSPS) is 14.8. The molecule has 0 unspecified atom stereocenters. The summed E-state index contributed by atoms with van der Waals surface area (Å²) >= 11 is 0. The standard InChI is InChI=1S/C22H21F3N4O2/c23-18-4-2-1-3-16(18)14-28-9-11-29(12-10-28)21(30)20-13-19(26-27-20)15-5-7-17(8-6-15)31-22(24)25/h1-8,13,22H,9-12,14H2,(H,26,27). The molecule has 2 heterocycles. The van der Waals surface area contributed by atoms with Crippen LogP contribution in [0.25, 0.3) is 11.3 Å². The molecule has 0 saturated carbocycles. The molecular formula is C22H21F3N4O2. The number of ether oxygens (including phenoxy) is 1. The Bertz CT molecular complexity index is 1030. The quantitative estimate of drug-likeness (QED) is 0.647. The summed E-state index contributed by atoms with van der Waals surface area (Å²) in [5, 5.41) is 6.91. The number of amides is 1. The predicted octanol–water partition coefficient (Wildman–Crippen LogP) is 3.78. The maximum absolute atomic E-state index is 13.8. The van der Waals surface area contributed by atoms with Gasteiger partial charge in [0.15, 0.2) is 0 Å². The Hall–Kier alpha value is -3.33. The third kappa shape index (κ3) is 5.05. The molecule has 0 radical (unpaired) electrons. The lowest BCUT2D eigenvalue weighted by molar-refractivity contribution is -0.0498. The molecule has 3 aromatic rings. The van der Waals surface area contributed by atoms with Gasteiger partial charge in [0.2, 0.25) is 0 Å². The molecule has 1 aromatic heterocycles. The predicted molar refractivity (Wildman–Crippen MR) is 108 cm³/mol. The first-order valence-electron chi connectivity index (χ1n) is 9.85. The molecule has 1 aliphatic heterocycles. The Balaban J connectivity index is 1.34. The summed E-state index contributed by atoms with van der Waals surface area (Å²) in [4.78, 5) is 16.7. The van der Waals surface area contributed by atoms with Gasteiger partial charge in [0.05, 0.1) is 5.69 Å². The van der Waals surface area contributed by atoms with Gasteiger partial charge in [-0.2, -0.15) is 13.9 Å². The highest BCUT2D eigenvalue weighted by Crippen LogP contribution is 2.23. The molecule has 2 aromatic carbocycles. The molecule has 6 nitrogen and oxygen atoms in total. The van der Waals surface area contributed by atoms with E-state index in [1.165, 1.54) is 18.2 Å². The minimum Gasteiger partial charge on any atom is -0.435 e. The number of nitrogens with zero attached hydrogens (tertiary/aromatic N) is 3. The van der Waals surface area contributed by atoms with Gasteiger partial charge in [0.1, 0.15) is 17.3 Å². The fourth-order valence-electron chi connectivity index (χ4n) is 3.53. The van der Waals surface area contributed by atoms with E-state index in [1.54, 1.807) is 35.2 Å². The summed E-state index contributed by atoms with van der Waals surface area (Å²) in [7, 11) is 0. The third-order valence-corrected chi connectivity index (χ3v) is 5.19. The topological polar surface area (TPSA) is 61.5 Å². The number of hydrogen-bond acceptors (Lipinski definition) is 4. The van der Waals surface area contributed by atoms with Crippen LogP contribution in [-0.4, -0.2) is 58.7 Å². The zero-order valence-electron chi connectivity index (χ0n) is 16.6. The SMILES string of the molecule is O=C(c1cc(-c2ccc(OC(F)F)cc2)n[nH]1)N1CCN(Cc2ccccc2F)CC1. The van der Waals surface area contributed by atoms with Crippen LogP contribution in [0.2, 0.25) is 0 Å². The van der Waals surface area contributed by atoms with Gasteiger partial charge in [-0.15, -0.1) is 0 Å². The maximum atomic E-state index is 13.8. The summed E-state index contributed by atoms with van der Waals surface area (Å²) < 4.78 is 42.7. The molecule has 0 spiro atoms. The van der Waals surface area contributed by atoms with Crippen LogP contribution >= 0.6 is 0 Å². The second-order valence-electron chi connectivity index (χ2n) is 7.23. The second-order valence-corrected chi connectivity index (χ2v) is 7.23. The lowest BCUT2D eigenvalue weighted by Gasteiger charge is -2.34. The molecule has 1 aliphatic rings.